The monoisotopic (exact) mass is 942 g/mol. The molecule has 18 nitrogen and oxygen atoms in total. The standard InChI is InChI=1S/2C24H29N3O4.H2O4S/c2*1-30-20-10-6-18(7-11-20)24(19-8-12-21(31-2)13-9-19)22(28)27(23(29)25-24)17-16-26-14-4-3-5-15-26;1-5(2,3)4/h2*6-13H,3-5,14-17H2,1-2H3,(H,25,29);(H2,1,2,3,4)/p-2. The number of carbonyl (C=O) groups excluding carboxylic acids is 4. The highest BCUT2D eigenvalue weighted by molar-refractivity contribution is 7.79. The molecule has 0 saturated carbocycles. The Morgan fingerprint density at radius 1 is 0.448 bits per heavy atom. The Balaban J connectivity index is 0.000000201. The number of amides is 6. The molecule has 0 unspecified atom stereocenters. The first-order valence-electron chi connectivity index (χ1n) is 22.1. The number of likely N-dealkylation sites (tertiary alicyclic amines) is 2. The van der Waals surface area contributed by atoms with E-state index in [9.17, 15) is 19.2 Å². The highest BCUT2D eigenvalue weighted by Gasteiger charge is 2.55. The molecular weight excluding hydrogens is 885 g/mol. The molecule has 4 aliphatic heterocycles. The molecule has 4 saturated heterocycles. The van der Waals surface area contributed by atoms with Crippen LogP contribution >= 0.6 is 0 Å². The van der Waals surface area contributed by atoms with Crippen molar-refractivity contribution in [2.75, 3.05) is 80.8 Å². The molecule has 360 valence electrons. The number of imide groups is 2. The van der Waals surface area contributed by atoms with Crippen molar-refractivity contribution in [2.24, 2.45) is 0 Å². The van der Waals surface area contributed by atoms with E-state index < -0.39 is 21.5 Å². The van der Waals surface area contributed by atoms with Crippen molar-refractivity contribution in [1.29, 1.82) is 0 Å². The quantitative estimate of drug-likeness (QED) is 0.100. The number of hydrogen-bond acceptors (Lipinski definition) is 14. The summed E-state index contributed by atoms with van der Waals surface area (Å²) in [6.07, 6.45) is 7.17. The molecule has 6 amide bonds. The normalized spacial score (nSPS) is 18.2. The van der Waals surface area contributed by atoms with Crippen LogP contribution in [0.2, 0.25) is 0 Å². The zero-order valence-electron chi connectivity index (χ0n) is 38.2. The van der Waals surface area contributed by atoms with Gasteiger partial charge in [-0.2, -0.15) is 0 Å². The molecule has 67 heavy (non-hydrogen) atoms. The Morgan fingerprint density at radius 3 is 0.910 bits per heavy atom. The van der Waals surface area contributed by atoms with Crippen LogP contribution in [0.1, 0.15) is 60.8 Å². The number of urea groups is 2. The number of ether oxygens (including phenoxy) is 4. The Morgan fingerprint density at radius 2 is 0.687 bits per heavy atom. The number of nitrogens with zero attached hydrogens (tertiary/aromatic N) is 4. The van der Waals surface area contributed by atoms with E-state index in [0.717, 1.165) is 26.2 Å². The van der Waals surface area contributed by atoms with Crippen molar-refractivity contribution in [2.45, 2.75) is 49.6 Å². The summed E-state index contributed by atoms with van der Waals surface area (Å²) < 4.78 is 55.2. The summed E-state index contributed by atoms with van der Waals surface area (Å²) in [4.78, 5) is 60.9. The van der Waals surface area contributed by atoms with Gasteiger partial charge in [-0.15, -0.1) is 0 Å². The van der Waals surface area contributed by atoms with E-state index in [2.05, 4.69) is 20.4 Å². The Hall–Kier alpha value is -6.25. The van der Waals surface area contributed by atoms with Crippen molar-refractivity contribution in [3.05, 3.63) is 119 Å². The van der Waals surface area contributed by atoms with Gasteiger partial charge >= 0.3 is 12.1 Å². The SMILES string of the molecule is COc1ccc(C2(c3ccc(OC)cc3)NC(=O)N(CCN3CCCCC3)C2=O)cc1.COc1ccc(C2(c3ccc(OC)cc3)NC(=O)N(CCN3CCCCC3)C2=O)cc1.O=S(=O)([O-])[O-]. The third kappa shape index (κ3) is 11.8. The van der Waals surface area contributed by atoms with Crippen molar-refractivity contribution < 1.29 is 55.6 Å². The van der Waals surface area contributed by atoms with Gasteiger partial charge < -0.3 is 48.5 Å². The first-order valence-corrected chi connectivity index (χ1v) is 23.5. The van der Waals surface area contributed by atoms with E-state index in [0.29, 0.717) is 71.4 Å². The minimum absolute atomic E-state index is 0.259. The number of methoxy groups -OCH3 is 4. The van der Waals surface area contributed by atoms with Crippen molar-refractivity contribution in [3.8, 4) is 23.0 Å². The first kappa shape index (κ1) is 50.2. The maximum atomic E-state index is 13.8. The smallest absolute Gasteiger partial charge is 0.325 e. The molecule has 2 N–H and O–H groups in total. The van der Waals surface area contributed by atoms with Gasteiger partial charge in [0.05, 0.1) is 28.4 Å². The number of benzene rings is 4. The van der Waals surface area contributed by atoms with Gasteiger partial charge in [0.15, 0.2) is 11.1 Å². The fourth-order valence-electron chi connectivity index (χ4n) is 8.89. The molecule has 4 fully saturated rings. The van der Waals surface area contributed by atoms with Crippen LogP contribution in [-0.2, 0) is 31.1 Å². The fraction of sp³-hybridized carbons (Fsp3) is 0.417. The average molecular weight is 943 g/mol. The maximum Gasteiger partial charge on any atom is 0.325 e. The van der Waals surface area contributed by atoms with Crippen LogP contribution in [0, 0.1) is 0 Å². The minimum atomic E-state index is -5.17. The number of piperidine rings is 2. The molecule has 0 radical (unpaired) electrons. The van der Waals surface area contributed by atoms with E-state index in [-0.39, 0.29) is 23.9 Å². The summed E-state index contributed by atoms with van der Waals surface area (Å²) >= 11 is 0. The molecule has 0 bridgehead atoms. The van der Waals surface area contributed by atoms with E-state index in [4.69, 9.17) is 36.5 Å². The number of carbonyl (C=O) groups is 4. The summed E-state index contributed by atoms with van der Waals surface area (Å²) in [5.41, 5.74) is 0.207. The molecule has 4 aliphatic rings. The highest BCUT2D eigenvalue weighted by Crippen LogP contribution is 2.39. The van der Waals surface area contributed by atoms with Gasteiger partial charge in [0.2, 0.25) is 0 Å². The maximum absolute atomic E-state index is 13.8. The van der Waals surface area contributed by atoms with Crippen LogP contribution in [0.5, 0.6) is 23.0 Å². The van der Waals surface area contributed by atoms with Crippen LogP contribution in [-0.4, -0.2) is 142 Å². The molecule has 8 rings (SSSR count). The Kier molecular flexibility index (Phi) is 16.8. The minimum Gasteiger partial charge on any atom is -0.759 e. The molecule has 4 aromatic carbocycles. The van der Waals surface area contributed by atoms with E-state index in [1.54, 1.807) is 77.0 Å². The average Bonchev–Trinajstić information content (AvgIpc) is 3.76. The summed E-state index contributed by atoms with van der Waals surface area (Å²) in [5, 5.41) is 6.00. The van der Waals surface area contributed by atoms with Gasteiger partial charge in [0, 0.05) is 36.6 Å². The highest BCUT2D eigenvalue weighted by atomic mass is 32.3. The summed E-state index contributed by atoms with van der Waals surface area (Å²) in [7, 11) is 1.22. The third-order valence-corrected chi connectivity index (χ3v) is 12.5. The third-order valence-electron chi connectivity index (χ3n) is 12.5. The Bertz CT molecular complexity index is 2150. The molecule has 4 aromatic rings. The van der Waals surface area contributed by atoms with Crippen LogP contribution in [0.15, 0.2) is 97.1 Å². The zero-order valence-corrected chi connectivity index (χ0v) is 39.0. The predicted molar refractivity (Wildman–Crippen MR) is 245 cm³/mol. The van der Waals surface area contributed by atoms with Crippen molar-refractivity contribution >= 4 is 34.3 Å². The van der Waals surface area contributed by atoms with Crippen LogP contribution in [0.4, 0.5) is 9.59 Å². The van der Waals surface area contributed by atoms with Gasteiger partial charge in [-0.25, -0.2) is 9.59 Å². The van der Waals surface area contributed by atoms with Crippen molar-refractivity contribution in [3.63, 3.8) is 0 Å². The van der Waals surface area contributed by atoms with Gasteiger partial charge in [0.25, 0.3) is 11.8 Å². The van der Waals surface area contributed by atoms with Gasteiger partial charge in [-0.3, -0.25) is 27.8 Å². The fourth-order valence-corrected chi connectivity index (χ4v) is 8.89. The van der Waals surface area contributed by atoms with E-state index in [1.807, 2.05) is 48.5 Å². The largest absolute Gasteiger partial charge is 0.759 e. The van der Waals surface area contributed by atoms with Crippen LogP contribution in [0.25, 0.3) is 0 Å². The lowest BCUT2D eigenvalue weighted by Crippen LogP contribution is -2.45. The van der Waals surface area contributed by atoms with E-state index in [1.165, 1.54) is 48.3 Å². The molecular formula is C48H58N6O12S-2. The second-order valence-electron chi connectivity index (χ2n) is 16.4. The molecule has 19 heteroatoms. The Labute approximate surface area is 391 Å². The summed E-state index contributed by atoms with van der Waals surface area (Å²) in [6.45, 7) is 6.22. The molecule has 0 spiro atoms. The van der Waals surface area contributed by atoms with E-state index >= 15 is 0 Å². The first-order chi connectivity index (χ1) is 32.2. The molecule has 0 atom stereocenters. The summed E-state index contributed by atoms with van der Waals surface area (Å²) in [5.74, 6) is 2.23. The van der Waals surface area contributed by atoms with Crippen molar-refractivity contribution in [1.82, 2.24) is 30.2 Å². The molecule has 0 aromatic heterocycles. The second kappa shape index (κ2) is 22.5. The number of rotatable bonds is 14. The molecule has 0 aliphatic carbocycles. The van der Waals surface area contributed by atoms with Gasteiger partial charge in [0.1, 0.15) is 23.0 Å². The van der Waals surface area contributed by atoms with Crippen LogP contribution in [0.3, 0.4) is 0 Å². The number of nitrogens with one attached hydrogen (secondary N) is 2. The second-order valence-corrected chi connectivity index (χ2v) is 17.2. The van der Waals surface area contributed by atoms with Crippen LogP contribution < -0.4 is 29.6 Å². The lowest BCUT2D eigenvalue weighted by atomic mass is 9.82. The number of hydrogen-bond donors (Lipinski definition) is 2. The lowest BCUT2D eigenvalue weighted by Gasteiger charge is -2.29. The zero-order chi connectivity index (χ0) is 48.2. The summed E-state index contributed by atoms with van der Waals surface area (Å²) in [6, 6.07) is 28.3. The van der Waals surface area contributed by atoms with Gasteiger partial charge in [-0.05, 0) is 123 Å². The lowest BCUT2D eigenvalue weighted by molar-refractivity contribution is -0.131. The topological polar surface area (TPSA) is 222 Å². The predicted octanol–water partition coefficient (Wildman–Crippen LogP) is 4.63. The molecule has 4 heterocycles. The van der Waals surface area contributed by atoms with Gasteiger partial charge in [-0.1, -0.05) is 61.4 Å².